The molecule has 3 nitrogen and oxygen atoms in total. The quantitative estimate of drug-likeness (QED) is 0.853. The summed E-state index contributed by atoms with van der Waals surface area (Å²) in [5.74, 6) is 6.03. The highest BCUT2D eigenvalue weighted by atomic mass is 19.1. The smallest absolute Gasteiger partial charge is 0.255 e. The van der Waals surface area contributed by atoms with E-state index in [1.807, 2.05) is 0 Å². The highest BCUT2D eigenvalue weighted by Crippen LogP contribution is 2.13. The Hall–Kier alpha value is -2.54. The molecule has 20 heavy (non-hydrogen) atoms. The fourth-order valence-electron chi connectivity index (χ4n) is 1.78. The monoisotopic (exact) mass is 271 g/mol. The van der Waals surface area contributed by atoms with Crippen molar-refractivity contribution in [2.75, 3.05) is 6.54 Å². The molecule has 0 radical (unpaired) electrons. The molecular weight excluding hydrogens is 257 g/mol. The number of halogens is 1. The van der Waals surface area contributed by atoms with Crippen LogP contribution in [0.3, 0.4) is 0 Å². The van der Waals surface area contributed by atoms with Crippen LogP contribution in [0.15, 0.2) is 34.7 Å². The number of benzene rings is 1. The van der Waals surface area contributed by atoms with Crippen LogP contribution in [0.25, 0.3) is 0 Å². The van der Waals surface area contributed by atoms with Crippen LogP contribution in [0, 0.1) is 31.5 Å². The van der Waals surface area contributed by atoms with Gasteiger partial charge in [0.15, 0.2) is 0 Å². The molecular formula is C16H14FNO2. The molecule has 1 N–H and O–H groups in total. The normalized spacial score (nSPS) is 9.75. The SMILES string of the molecule is Cc1cc(C(=O)NCC#Cc2ccccc2F)c(C)o1. The molecule has 0 aliphatic carbocycles. The van der Waals surface area contributed by atoms with Gasteiger partial charge >= 0.3 is 0 Å². The summed E-state index contributed by atoms with van der Waals surface area (Å²) in [4.78, 5) is 11.8. The highest BCUT2D eigenvalue weighted by Gasteiger charge is 2.12. The number of amides is 1. The number of rotatable bonds is 2. The zero-order chi connectivity index (χ0) is 14.5. The predicted molar refractivity (Wildman–Crippen MR) is 73.8 cm³/mol. The van der Waals surface area contributed by atoms with E-state index in [1.54, 1.807) is 38.1 Å². The average Bonchev–Trinajstić information content (AvgIpc) is 2.75. The lowest BCUT2D eigenvalue weighted by Crippen LogP contribution is -2.23. The number of furan rings is 1. The molecule has 0 aliphatic rings. The third-order valence-electron chi connectivity index (χ3n) is 2.72. The van der Waals surface area contributed by atoms with Gasteiger partial charge in [-0.2, -0.15) is 0 Å². The zero-order valence-electron chi connectivity index (χ0n) is 11.3. The second kappa shape index (κ2) is 6.07. The average molecular weight is 271 g/mol. The first-order valence-electron chi connectivity index (χ1n) is 6.16. The van der Waals surface area contributed by atoms with Gasteiger partial charge in [-0.1, -0.05) is 24.0 Å². The van der Waals surface area contributed by atoms with Crippen LogP contribution in [-0.4, -0.2) is 12.5 Å². The molecule has 1 aromatic heterocycles. The van der Waals surface area contributed by atoms with Crippen molar-refractivity contribution >= 4 is 5.91 Å². The van der Waals surface area contributed by atoms with E-state index in [1.165, 1.54) is 6.07 Å². The van der Waals surface area contributed by atoms with E-state index >= 15 is 0 Å². The number of carbonyl (C=O) groups is 1. The molecule has 4 heteroatoms. The molecule has 0 saturated heterocycles. The van der Waals surface area contributed by atoms with Crippen LogP contribution in [-0.2, 0) is 0 Å². The standard InChI is InChI=1S/C16H14FNO2/c1-11-10-14(12(2)20-11)16(19)18-9-5-7-13-6-3-4-8-15(13)17/h3-4,6,8,10H,9H2,1-2H3,(H,18,19). The first-order chi connectivity index (χ1) is 9.58. The summed E-state index contributed by atoms with van der Waals surface area (Å²) in [5.41, 5.74) is 0.812. The van der Waals surface area contributed by atoms with Gasteiger partial charge < -0.3 is 9.73 Å². The van der Waals surface area contributed by atoms with Crippen molar-refractivity contribution in [1.29, 1.82) is 0 Å². The summed E-state index contributed by atoms with van der Waals surface area (Å²) in [5, 5.41) is 2.65. The Labute approximate surface area is 116 Å². The first-order valence-corrected chi connectivity index (χ1v) is 6.16. The summed E-state index contributed by atoms with van der Waals surface area (Å²) in [7, 11) is 0. The molecule has 0 spiro atoms. The largest absolute Gasteiger partial charge is 0.466 e. The fraction of sp³-hybridized carbons (Fsp3) is 0.188. The van der Waals surface area contributed by atoms with Crippen LogP contribution < -0.4 is 5.32 Å². The third-order valence-corrected chi connectivity index (χ3v) is 2.72. The van der Waals surface area contributed by atoms with E-state index in [0.717, 1.165) is 0 Å². The molecule has 0 saturated carbocycles. The van der Waals surface area contributed by atoms with Gasteiger partial charge in [-0.15, -0.1) is 0 Å². The summed E-state index contributed by atoms with van der Waals surface area (Å²) < 4.78 is 18.6. The number of carbonyl (C=O) groups excluding carboxylic acids is 1. The summed E-state index contributed by atoms with van der Waals surface area (Å²) >= 11 is 0. The van der Waals surface area contributed by atoms with Crippen molar-refractivity contribution in [2.45, 2.75) is 13.8 Å². The Balaban J connectivity index is 1.96. The molecule has 1 aromatic carbocycles. The number of hydrogen-bond donors (Lipinski definition) is 1. The van der Waals surface area contributed by atoms with Gasteiger partial charge in [-0.05, 0) is 32.0 Å². The molecule has 1 amide bonds. The second-order valence-electron chi connectivity index (χ2n) is 4.29. The van der Waals surface area contributed by atoms with Crippen LogP contribution in [0.5, 0.6) is 0 Å². The molecule has 2 rings (SSSR count). The van der Waals surface area contributed by atoms with E-state index < -0.39 is 0 Å². The van der Waals surface area contributed by atoms with Crippen LogP contribution in [0.2, 0.25) is 0 Å². The van der Waals surface area contributed by atoms with E-state index in [-0.39, 0.29) is 18.3 Å². The van der Waals surface area contributed by atoms with E-state index in [9.17, 15) is 9.18 Å². The van der Waals surface area contributed by atoms with Crippen molar-refractivity contribution in [3.8, 4) is 11.8 Å². The van der Waals surface area contributed by atoms with Gasteiger partial charge in [0.05, 0.1) is 17.7 Å². The van der Waals surface area contributed by atoms with E-state index in [0.29, 0.717) is 22.6 Å². The first kappa shape index (κ1) is 13.9. The highest BCUT2D eigenvalue weighted by molar-refractivity contribution is 5.95. The third kappa shape index (κ3) is 3.27. The minimum atomic E-state index is -0.368. The van der Waals surface area contributed by atoms with Crippen LogP contribution in [0.4, 0.5) is 4.39 Å². The van der Waals surface area contributed by atoms with Crippen molar-refractivity contribution in [2.24, 2.45) is 0 Å². The lowest BCUT2D eigenvalue weighted by Gasteiger charge is -1.98. The summed E-state index contributed by atoms with van der Waals surface area (Å²) in [6.45, 7) is 3.66. The Bertz CT molecular complexity index is 692. The lowest BCUT2D eigenvalue weighted by atomic mass is 10.2. The number of aryl methyl sites for hydroxylation is 2. The minimum Gasteiger partial charge on any atom is -0.466 e. The van der Waals surface area contributed by atoms with Crippen LogP contribution in [0.1, 0.15) is 27.4 Å². The molecule has 1 heterocycles. The Kier molecular flexibility index (Phi) is 4.21. The molecule has 102 valence electrons. The molecule has 0 bridgehead atoms. The maximum absolute atomic E-state index is 13.3. The second-order valence-corrected chi connectivity index (χ2v) is 4.29. The topological polar surface area (TPSA) is 42.2 Å². The molecule has 0 atom stereocenters. The Morgan fingerprint density at radius 2 is 2.10 bits per heavy atom. The fourth-order valence-corrected chi connectivity index (χ4v) is 1.78. The molecule has 2 aromatic rings. The lowest BCUT2D eigenvalue weighted by molar-refractivity contribution is 0.0957. The van der Waals surface area contributed by atoms with Gasteiger partial charge in [-0.25, -0.2) is 4.39 Å². The molecule has 0 aliphatic heterocycles. The Morgan fingerprint density at radius 3 is 2.75 bits per heavy atom. The Morgan fingerprint density at radius 1 is 1.35 bits per heavy atom. The maximum Gasteiger partial charge on any atom is 0.255 e. The minimum absolute atomic E-state index is 0.150. The van der Waals surface area contributed by atoms with Gasteiger partial charge in [-0.3, -0.25) is 4.79 Å². The number of hydrogen-bond acceptors (Lipinski definition) is 2. The summed E-state index contributed by atoms with van der Waals surface area (Å²) in [6.07, 6.45) is 0. The van der Waals surface area contributed by atoms with Crippen molar-refractivity contribution in [3.05, 3.63) is 58.8 Å². The number of nitrogens with one attached hydrogen (secondary N) is 1. The van der Waals surface area contributed by atoms with Gasteiger partial charge in [0.1, 0.15) is 17.3 Å². The zero-order valence-corrected chi connectivity index (χ0v) is 11.3. The van der Waals surface area contributed by atoms with Gasteiger partial charge in [0.2, 0.25) is 0 Å². The van der Waals surface area contributed by atoms with Crippen molar-refractivity contribution < 1.29 is 13.6 Å². The molecule has 0 fully saturated rings. The maximum atomic E-state index is 13.3. The van der Waals surface area contributed by atoms with Crippen molar-refractivity contribution in [1.82, 2.24) is 5.32 Å². The predicted octanol–water partition coefficient (Wildman–Crippen LogP) is 2.82. The van der Waals surface area contributed by atoms with Gasteiger partial charge in [0, 0.05) is 0 Å². The van der Waals surface area contributed by atoms with Gasteiger partial charge in [0.25, 0.3) is 5.91 Å². The van der Waals surface area contributed by atoms with Crippen molar-refractivity contribution in [3.63, 3.8) is 0 Å². The molecule has 0 unspecified atom stereocenters. The van der Waals surface area contributed by atoms with Crippen LogP contribution >= 0.6 is 0 Å². The van der Waals surface area contributed by atoms with E-state index in [2.05, 4.69) is 17.2 Å². The summed E-state index contributed by atoms with van der Waals surface area (Å²) in [6, 6.07) is 7.93. The van der Waals surface area contributed by atoms with E-state index in [4.69, 9.17) is 4.42 Å².